The first-order valence-corrected chi connectivity index (χ1v) is 14.3. The molecule has 0 radical (unpaired) electrons. The maximum absolute atomic E-state index is 14.2. The van der Waals surface area contributed by atoms with E-state index in [1.54, 1.807) is 0 Å². The minimum absolute atomic E-state index is 0.166. The van der Waals surface area contributed by atoms with Crippen molar-refractivity contribution in [2.75, 3.05) is 13.1 Å². The zero-order valence-electron chi connectivity index (χ0n) is 23.0. The number of amides is 1. The van der Waals surface area contributed by atoms with Crippen LogP contribution in [0.5, 0.6) is 0 Å². The fourth-order valence-corrected chi connectivity index (χ4v) is 6.54. The summed E-state index contributed by atoms with van der Waals surface area (Å²) in [6.07, 6.45) is 9.05. The number of piperidine rings is 1. The first-order valence-electron chi connectivity index (χ1n) is 14.3. The standard InChI is InChI=1S/C31H40FN5O2/c1-21(2)23-8-10-25(11-9-23)36-14-12-26(13-15-36)37-29(28(17-33)27-16-24(32)18-34-30(27)37)19-35-31(38)39-20-22-6-4-3-5-7-22/h3-7,16-18,21,23,25-26,33H,8-15,19-20H2,1-2H3,(H,35,38). The molecule has 2 N–H and O–H groups in total. The van der Waals surface area contributed by atoms with Crippen LogP contribution in [0.2, 0.25) is 0 Å². The van der Waals surface area contributed by atoms with E-state index in [0.29, 0.717) is 22.6 Å². The molecule has 3 heterocycles. The van der Waals surface area contributed by atoms with Crippen molar-refractivity contribution in [2.24, 2.45) is 11.8 Å². The molecule has 3 aromatic rings. The van der Waals surface area contributed by atoms with Gasteiger partial charge >= 0.3 is 6.09 Å². The number of nitrogens with one attached hydrogen (secondary N) is 2. The SMILES string of the molecule is CC(C)C1CCC(N2CCC(n3c(CNC(=O)OCc4ccccc4)c(C=N)c4cc(F)cnc43)CC2)CC1. The average Bonchev–Trinajstić information content (AvgIpc) is 3.27. The first kappa shape index (κ1) is 27.3. The van der Waals surface area contributed by atoms with Crippen LogP contribution in [-0.2, 0) is 17.9 Å². The zero-order valence-corrected chi connectivity index (χ0v) is 23.0. The fraction of sp³-hybridized carbons (Fsp3) is 0.516. The molecular formula is C31H40FN5O2. The number of carbonyl (C=O) groups is 1. The molecule has 2 aliphatic rings. The van der Waals surface area contributed by atoms with E-state index in [4.69, 9.17) is 10.1 Å². The molecule has 0 unspecified atom stereocenters. The van der Waals surface area contributed by atoms with Crippen molar-refractivity contribution in [3.8, 4) is 0 Å². The quantitative estimate of drug-likeness (QED) is 0.326. The maximum Gasteiger partial charge on any atom is 0.407 e. The monoisotopic (exact) mass is 533 g/mol. The van der Waals surface area contributed by atoms with Gasteiger partial charge in [-0.3, -0.25) is 0 Å². The van der Waals surface area contributed by atoms with Crippen molar-refractivity contribution in [1.29, 1.82) is 5.41 Å². The largest absolute Gasteiger partial charge is 0.445 e. The molecule has 1 aromatic carbocycles. The molecule has 208 valence electrons. The number of pyridine rings is 1. The van der Waals surface area contributed by atoms with Gasteiger partial charge in [-0.1, -0.05) is 44.2 Å². The van der Waals surface area contributed by atoms with Gasteiger partial charge in [0.1, 0.15) is 18.1 Å². The number of fused-ring (bicyclic) bond motifs is 1. The number of aromatic nitrogens is 2. The molecule has 0 spiro atoms. The van der Waals surface area contributed by atoms with E-state index in [2.05, 4.69) is 33.6 Å². The molecule has 0 atom stereocenters. The van der Waals surface area contributed by atoms with E-state index in [0.717, 1.165) is 49.0 Å². The number of halogens is 1. The summed E-state index contributed by atoms with van der Waals surface area (Å²) >= 11 is 0. The third-order valence-electron chi connectivity index (χ3n) is 8.78. The van der Waals surface area contributed by atoms with E-state index in [9.17, 15) is 9.18 Å². The summed E-state index contributed by atoms with van der Waals surface area (Å²) in [5.74, 6) is 1.18. The van der Waals surface area contributed by atoms with Gasteiger partial charge in [-0.2, -0.15) is 0 Å². The third kappa shape index (κ3) is 6.16. The van der Waals surface area contributed by atoms with Crippen LogP contribution in [0.15, 0.2) is 42.6 Å². The smallest absolute Gasteiger partial charge is 0.407 e. The van der Waals surface area contributed by atoms with Gasteiger partial charge < -0.3 is 24.9 Å². The van der Waals surface area contributed by atoms with Gasteiger partial charge in [0.15, 0.2) is 0 Å². The maximum atomic E-state index is 14.2. The Hall–Kier alpha value is -3.26. The van der Waals surface area contributed by atoms with Gasteiger partial charge in [0, 0.05) is 48.0 Å². The van der Waals surface area contributed by atoms with Crippen LogP contribution in [0, 0.1) is 23.1 Å². The van der Waals surface area contributed by atoms with Crippen molar-refractivity contribution in [3.05, 3.63) is 65.2 Å². The zero-order chi connectivity index (χ0) is 27.4. The lowest BCUT2D eigenvalue weighted by Crippen LogP contribution is -2.44. The molecule has 1 amide bonds. The molecule has 1 saturated carbocycles. The van der Waals surface area contributed by atoms with Gasteiger partial charge in [0.25, 0.3) is 0 Å². The molecule has 1 aliphatic heterocycles. The third-order valence-corrected chi connectivity index (χ3v) is 8.78. The molecule has 2 fully saturated rings. The molecular weight excluding hydrogens is 493 g/mol. The molecule has 7 nitrogen and oxygen atoms in total. The number of hydrogen-bond donors (Lipinski definition) is 2. The van der Waals surface area contributed by atoms with E-state index < -0.39 is 11.9 Å². The van der Waals surface area contributed by atoms with E-state index >= 15 is 0 Å². The van der Waals surface area contributed by atoms with Gasteiger partial charge in [0.2, 0.25) is 0 Å². The second-order valence-corrected chi connectivity index (χ2v) is 11.4. The summed E-state index contributed by atoms with van der Waals surface area (Å²) in [6, 6.07) is 11.8. The number of alkyl carbamates (subject to hydrolysis) is 1. The van der Waals surface area contributed by atoms with E-state index in [1.165, 1.54) is 44.2 Å². The highest BCUT2D eigenvalue weighted by Gasteiger charge is 2.32. The minimum atomic E-state index is -0.530. The number of nitrogens with zero attached hydrogens (tertiary/aromatic N) is 3. The molecule has 8 heteroatoms. The second-order valence-electron chi connectivity index (χ2n) is 11.4. The Kier molecular flexibility index (Phi) is 8.60. The van der Waals surface area contributed by atoms with Crippen LogP contribution >= 0.6 is 0 Å². The van der Waals surface area contributed by atoms with E-state index in [1.807, 2.05) is 30.3 Å². The van der Waals surface area contributed by atoms with Crippen molar-refractivity contribution < 1.29 is 13.9 Å². The number of rotatable bonds is 8. The molecule has 1 aliphatic carbocycles. The first-order chi connectivity index (χ1) is 18.9. The minimum Gasteiger partial charge on any atom is -0.445 e. The Morgan fingerprint density at radius 2 is 1.85 bits per heavy atom. The Bertz CT molecular complexity index is 1280. The topological polar surface area (TPSA) is 83.2 Å². The summed E-state index contributed by atoms with van der Waals surface area (Å²) < 4.78 is 21.7. The van der Waals surface area contributed by atoms with Crippen molar-refractivity contribution in [1.82, 2.24) is 19.8 Å². The predicted octanol–water partition coefficient (Wildman–Crippen LogP) is 6.45. The lowest BCUT2D eigenvalue weighted by Gasteiger charge is -2.42. The Labute approximate surface area is 230 Å². The Morgan fingerprint density at radius 3 is 2.51 bits per heavy atom. The van der Waals surface area contributed by atoms with Gasteiger partial charge in [0.05, 0.1) is 12.7 Å². The average molecular weight is 534 g/mol. The summed E-state index contributed by atoms with van der Waals surface area (Å²) in [4.78, 5) is 19.7. The van der Waals surface area contributed by atoms with E-state index in [-0.39, 0.29) is 19.2 Å². The van der Waals surface area contributed by atoms with Gasteiger partial charge in [-0.05, 0) is 62.0 Å². The fourth-order valence-electron chi connectivity index (χ4n) is 6.54. The van der Waals surface area contributed by atoms with Crippen LogP contribution < -0.4 is 5.32 Å². The molecule has 39 heavy (non-hydrogen) atoms. The van der Waals surface area contributed by atoms with Crippen LogP contribution in [0.1, 0.15) is 75.2 Å². The van der Waals surface area contributed by atoms with Crippen LogP contribution in [0.3, 0.4) is 0 Å². The lowest BCUT2D eigenvalue weighted by molar-refractivity contribution is 0.0887. The number of ether oxygens (including phenoxy) is 1. The molecule has 2 aromatic heterocycles. The van der Waals surface area contributed by atoms with Gasteiger partial charge in [-0.25, -0.2) is 14.2 Å². The second kappa shape index (κ2) is 12.3. The summed E-state index contributed by atoms with van der Waals surface area (Å²) in [7, 11) is 0. The Morgan fingerprint density at radius 1 is 1.13 bits per heavy atom. The van der Waals surface area contributed by atoms with Crippen molar-refractivity contribution in [2.45, 2.75) is 77.6 Å². The molecule has 1 saturated heterocycles. The van der Waals surface area contributed by atoms with Crippen molar-refractivity contribution in [3.63, 3.8) is 0 Å². The van der Waals surface area contributed by atoms with Crippen molar-refractivity contribution >= 4 is 23.3 Å². The number of likely N-dealkylation sites (tertiary alicyclic amines) is 1. The highest BCUT2D eigenvalue weighted by molar-refractivity contribution is 5.99. The van der Waals surface area contributed by atoms with Crippen LogP contribution in [-0.4, -0.2) is 45.9 Å². The number of hydrogen-bond acceptors (Lipinski definition) is 5. The highest BCUT2D eigenvalue weighted by Crippen LogP contribution is 2.36. The molecule has 0 bridgehead atoms. The van der Waals surface area contributed by atoms with Crippen LogP contribution in [0.25, 0.3) is 11.0 Å². The summed E-state index contributed by atoms with van der Waals surface area (Å²) in [6.45, 7) is 7.06. The number of carbonyl (C=O) groups excluding carboxylic acids is 1. The predicted molar refractivity (Wildman–Crippen MR) is 151 cm³/mol. The van der Waals surface area contributed by atoms with Crippen LogP contribution in [0.4, 0.5) is 9.18 Å². The molecule has 5 rings (SSSR count). The summed E-state index contributed by atoms with van der Waals surface area (Å²) in [5.41, 5.74) is 2.94. The number of benzene rings is 1. The Balaban J connectivity index is 1.30. The highest BCUT2D eigenvalue weighted by atomic mass is 19.1. The van der Waals surface area contributed by atoms with Gasteiger partial charge in [-0.15, -0.1) is 0 Å². The summed E-state index contributed by atoms with van der Waals surface area (Å²) in [5, 5.41) is 11.6. The normalized spacial score (nSPS) is 20.8. The lowest BCUT2D eigenvalue weighted by atomic mass is 9.79.